The molecule has 0 aliphatic carbocycles. The van der Waals surface area contributed by atoms with Gasteiger partial charge in [-0.3, -0.25) is 4.68 Å². The second-order valence-corrected chi connectivity index (χ2v) is 9.30. The minimum absolute atomic E-state index is 0.142. The molecule has 0 unspecified atom stereocenters. The summed E-state index contributed by atoms with van der Waals surface area (Å²) < 4.78 is 67.3. The van der Waals surface area contributed by atoms with Crippen LogP contribution in [0, 0.1) is 0 Å². The Hall–Kier alpha value is -2.14. The van der Waals surface area contributed by atoms with Crippen LogP contribution in [0.25, 0.3) is 0 Å². The summed E-state index contributed by atoms with van der Waals surface area (Å²) in [5.41, 5.74) is -0.760. The van der Waals surface area contributed by atoms with Gasteiger partial charge in [0.2, 0.25) is 10.0 Å². The number of sulfonamides is 1. The molecule has 2 aromatic heterocycles. The Bertz CT molecular complexity index is 953. The number of aromatic nitrogens is 3. The molecule has 4 rings (SSSR count). The summed E-state index contributed by atoms with van der Waals surface area (Å²) in [6.45, 7) is 2.01. The van der Waals surface area contributed by atoms with E-state index in [4.69, 9.17) is 0 Å². The minimum atomic E-state index is -4.46. The standard InChI is InChI=1S/C18H22F3N5O2S/c19-18(20,21)16-7-8-23-26(16)14-4-3-9-24(13-14)17-6-5-15(12-22-17)29(27,28)25-10-1-2-11-25/h5-8,12,14H,1-4,9-11,13H2/t14-/m1/s1. The van der Waals surface area contributed by atoms with E-state index in [2.05, 4.69) is 10.1 Å². The summed E-state index contributed by atoms with van der Waals surface area (Å²) in [6.07, 6.45) is 1.03. The highest BCUT2D eigenvalue weighted by Crippen LogP contribution is 2.33. The molecule has 158 valence electrons. The van der Waals surface area contributed by atoms with Crippen molar-refractivity contribution < 1.29 is 21.6 Å². The predicted molar refractivity (Wildman–Crippen MR) is 99.9 cm³/mol. The van der Waals surface area contributed by atoms with Gasteiger partial charge in [-0.05, 0) is 43.9 Å². The molecule has 0 bridgehead atoms. The maximum atomic E-state index is 13.2. The number of hydrogen-bond donors (Lipinski definition) is 0. The molecule has 0 radical (unpaired) electrons. The molecule has 2 aliphatic rings. The fraction of sp³-hybridized carbons (Fsp3) is 0.556. The fourth-order valence-electron chi connectivity index (χ4n) is 3.98. The van der Waals surface area contributed by atoms with Crippen molar-refractivity contribution in [1.82, 2.24) is 19.1 Å². The van der Waals surface area contributed by atoms with Crippen LogP contribution in [0.15, 0.2) is 35.5 Å². The van der Waals surface area contributed by atoms with Gasteiger partial charge in [0, 0.05) is 38.6 Å². The van der Waals surface area contributed by atoms with Crippen molar-refractivity contribution in [2.24, 2.45) is 0 Å². The van der Waals surface area contributed by atoms with E-state index in [0.717, 1.165) is 29.8 Å². The van der Waals surface area contributed by atoms with E-state index < -0.39 is 27.9 Å². The van der Waals surface area contributed by atoms with E-state index >= 15 is 0 Å². The molecule has 29 heavy (non-hydrogen) atoms. The quantitative estimate of drug-likeness (QED) is 0.748. The second-order valence-electron chi connectivity index (χ2n) is 7.36. The van der Waals surface area contributed by atoms with E-state index in [9.17, 15) is 21.6 Å². The molecule has 0 N–H and O–H groups in total. The average molecular weight is 429 g/mol. The lowest BCUT2D eigenvalue weighted by molar-refractivity contribution is -0.145. The lowest BCUT2D eigenvalue weighted by Crippen LogP contribution is -2.38. The topological polar surface area (TPSA) is 71.3 Å². The van der Waals surface area contributed by atoms with Crippen LogP contribution < -0.4 is 4.90 Å². The molecular formula is C18H22F3N5O2S. The molecule has 2 saturated heterocycles. The Morgan fingerprint density at radius 1 is 1.03 bits per heavy atom. The van der Waals surface area contributed by atoms with Crippen molar-refractivity contribution in [3.63, 3.8) is 0 Å². The van der Waals surface area contributed by atoms with Gasteiger partial charge in [-0.15, -0.1) is 0 Å². The predicted octanol–water partition coefficient (Wildman–Crippen LogP) is 2.92. The van der Waals surface area contributed by atoms with Crippen LogP contribution >= 0.6 is 0 Å². The van der Waals surface area contributed by atoms with Gasteiger partial charge >= 0.3 is 6.18 Å². The highest BCUT2D eigenvalue weighted by atomic mass is 32.2. The first-order valence-corrected chi connectivity index (χ1v) is 11.0. The first kappa shape index (κ1) is 20.1. The lowest BCUT2D eigenvalue weighted by atomic mass is 10.1. The van der Waals surface area contributed by atoms with Gasteiger partial charge in [0.15, 0.2) is 0 Å². The highest BCUT2D eigenvalue weighted by Gasteiger charge is 2.37. The second kappa shape index (κ2) is 7.60. The van der Waals surface area contributed by atoms with E-state index in [1.54, 1.807) is 6.07 Å². The van der Waals surface area contributed by atoms with E-state index in [1.165, 1.54) is 16.6 Å². The molecule has 2 aromatic rings. The van der Waals surface area contributed by atoms with Gasteiger partial charge < -0.3 is 4.90 Å². The zero-order valence-electron chi connectivity index (χ0n) is 15.7. The summed E-state index contributed by atoms with van der Waals surface area (Å²) in [6, 6.07) is 3.70. The van der Waals surface area contributed by atoms with Crippen molar-refractivity contribution in [3.05, 3.63) is 36.3 Å². The summed E-state index contributed by atoms with van der Waals surface area (Å²) in [4.78, 5) is 6.31. The van der Waals surface area contributed by atoms with Crippen LogP contribution in [0.3, 0.4) is 0 Å². The first-order valence-electron chi connectivity index (χ1n) is 9.59. The number of piperidine rings is 1. The largest absolute Gasteiger partial charge is 0.433 e. The minimum Gasteiger partial charge on any atom is -0.354 e. The molecule has 1 atom stereocenters. The summed E-state index contributed by atoms with van der Waals surface area (Å²) >= 11 is 0. The molecule has 0 aromatic carbocycles. The van der Waals surface area contributed by atoms with Crippen LogP contribution in [0.5, 0.6) is 0 Å². The van der Waals surface area contributed by atoms with Gasteiger partial charge in [0.25, 0.3) is 0 Å². The summed E-state index contributed by atoms with van der Waals surface area (Å²) in [5, 5.41) is 3.89. The van der Waals surface area contributed by atoms with E-state index in [1.807, 2.05) is 4.90 Å². The van der Waals surface area contributed by atoms with E-state index in [-0.39, 0.29) is 4.90 Å². The van der Waals surface area contributed by atoms with Crippen LogP contribution in [0.4, 0.5) is 19.0 Å². The molecule has 2 fully saturated rings. The number of halogens is 3. The van der Waals surface area contributed by atoms with Gasteiger partial charge in [0.1, 0.15) is 16.4 Å². The highest BCUT2D eigenvalue weighted by molar-refractivity contribution is 7.89. The zero-order valence-corrected chi connectivity index (χ0v) is 16.5. The number of alkyl halides is 3. The molecule has 0 spiro atoms. The SMILES string of the molecule is O=S(=O)(c1ccc(N2CCC[C@@H](n3nccc3C(F)(F)F)C2)nc1)N1CCCC1. The van der Waals surface area contributed by atoms with Crippen LogP contribution in [0.1, 0.15) is 37.4 Å². The average Bonchev–Trinajstić information content (AvgIpc) is 3.40. The Balaban J connectivity index is 1.51. The Morgan fingerprint density at radius 2 is 1.79 bits per heavy atom. The van der Waals surface area contributed by atoms with Gasteiger partial charge in [0.05, 0.1) is 6.04 Å². The fourth-order valence-corrected chi connectivity index (χ4v) is 5.44. The summed E-state index contributed by atoms with van der Waals surface area (Å²) in [7, 11) is -3.54. The van der Waals surface area contributed by atoms with Crippen molar-refractivity contribution in [3.8, 4) is 0 Å². The molecule has 7 nitrogen and oxygen atoms in total. The van der Waals surface area contributed by atoms with Crippen molar-refractivity contribution in [2.45, 2.75) is 42.8 Å². The van der Waals surface area contributed by atoms with Crippen molar-refractivity contribution in [2.75, 3.05) is 31.1 Å². The molecule has 11 heteroatoms. The molecular weight excluding hydrogens is 407 g/mol. The number of nitrogens with zero attached hydrogens (tertiary/aromatic N) is 5. The maximum Gasteiger partial charge on any atom is 0.433 e. The Morgan fingerprint density at radius 3 is 2.45 bits per heavy atom. The summed E-state index contributed by atoms with van der Waals surface area (Å²) in [5.74, 6) is 0.552. The number of pyridine rings is 1. The molecule has 2 aliphatic heterocycles. The number of rotatable bonds is 4. The van der Waals surface area contributed by atoms with E-state index in [0.29, 0.717) is 44.8 Å². The number of hydrogen-bond acceptors (Lipinski definition) is 5. The molecule has 4 heterocycles. The van der Waals surface area contributed by atoms with Crippen LogP contribution in [-0.2, 0) is 16.2 Å². The van der Waals surface area contributed by atoms with Crippen molar-refractivity contribution >= 4 is 15.8 Å². The number of anilines is 1. The van der Waals surface area contributed by atoms with Crippen LogP contribution in [-0.4, -0.2) is 53.7 Å². The third-order valence-electron chi connectivity index (χ3n) is 5.45. The Kier molecular flexibility index (Phi) is 5.28. The van der Waals surface area contributed by atoms with Gasteiger partial charge in [-0.2, -0.15) is 22.6 Å². The Labute approximate surface area is 167 Å². The zero-order chi connectivity index (χ0) is 20.6. The van der Waals surface area contributed by atoms with Gasteiger partial charge in [-0.1, -0.05) is 0 Å². The smallest absolute Gasteiger partial charge is 0.354 e. The first-order chi connectivity index (χ1) is 13.8. The third kappa shape index (κ3) is 3.97. The van der Waals surface area contributed by atoms with Crippen LogP contribution in [0.2, 0.25) is 0 Å². The monoisotopic (exact) mass is 429 g/mol. The van der Waals surface area contributed by atoms with Crippen molar-refractivity contribution in [1.29, 1.82) is 0 Å². The lowest BCUT2D eigenvalue weighted by Gasteiger charge is -2.34. The maximum absolute atomic E-state index is 13.2. The molecule has 0 saturated carbocycles. The normalized spacial score (nSPS) is 21.6. The third-order valence-corrected chi connectivity index (χ3v) is 7.33. The van der Waals surface area contributed by atoms with Gasteiger partial charge in [-0.25, -0.2) is 13.4 Å². The molecule has 0 amide bonds.